The molecule has 2 amide bonds. The molecule has 138 valence electrons. The smallest absolute Gasteiger partial charge is 0.315 e. The van der Waals surface area contributed by atoms with Gasteiger partial charge in [-0.25, -0.2) is 4.79 Å². The number of nitrogens with zero attached hydrogens (tertiary/aromatic N) is 1. The predicted octanol–water partition coefficient (Wildman–Crippen LogP) is 4.02. The number of benzene rings is 2. The first kappa shape index (κ1) is 18.7. The van der Waals surface area contributed by atoms with Crippen LogP contribution >= 0.6 is 11.6 Å². The lowest BCUT2D eigenvalue weighted by atomic mass is 9.99. The maximum atomic E-state index is 12.6. The second kappa shape index (κ2) is 9.06. The molecule has 0 spiro atoms. The van der Waals surface area contributed by atoms with E-state index in [4.69, 9.17) is 11.6 Å². The first-order valence-electron chi connectivity index (χ1n) is 9.15. The highest BCUT2D eigenvalue weighted by Gasteiger charge is 2.21. The largest absolute Gasteiger partial charge is 0.334 e. The van der Waals surface area contributed by atoms with Crippen LogP contribution < -0.4 is 10.6 Å². The molecule has 1 heterocycles. The van der Waals surface area contributed by atoms with Crippen LogP contribution in [-0.2, 0) is 6.42 Å². The highest BCUT2D eigenvalue weighted by atomic mass is 35.5. The quantitative estimate of drug-likeness (QED) is 0.833. The van der Waals surface area contributed by atoms with Crippen LogP contribution in [0.3, 0.4) is 0 Å². The molecule has 26 heavy (non-hydrogen) atoms. The molecule has 0 saturated carbocycles. The Bertz CT molecular complexity index is 705. The fourth-order valence-electron chi connectivity index (χ4n) is 3.46. The molecule has 2 aromatic carbocycles. The third kappa shape index (κ3) is 5.48. The van der Waals surface area contributed by atoms with Crippen LogP contribution in [-0.4, -0.2) is 37.1 Å². The van der Waals surface area contributed by atoms with Crippen molar-refractivity contribution in [3.05, 3.63) is 70.7 Å². The lowest BCUT2D eigenvalue weighted by molar-refractivity contribution is 0.207. The lowest BCUT2D eigenvalue weighted by Gasteiger charge is -2.31. The number of hydrogen-bond acceptors (Lipinski definition) is 2. The van der Waals surface area contributed by atoms with Gasteiger partial charge in [-0.2, -0.15) is 0 Å². The van der Waals surface area contributed by atoms with Gasteiger partial charge in [0, 0.05) is 17.6 Å². The van der Waals surface area contributed by atoms with Gasteiger partial charge in [0.05, 0.1) is 6.04 Å². The highest BCUT2D eigenvalue weighted by Crippen LogP contribution is 2.20. The summed E-state index contributed by atoms with van der Waals surface area (Å²) >= 11 is 5.99. The normalized spacial score (nSPS) is 18.9. The number of rotatable bonds is 5. The zero-order valence-corrected chi connectivity index (χ0v) is 15.9. The van der Waals surface area contributed by atoms with Crippen molar-refractivity contribution in [2.24, 2.45) is 0 Å². The Hall–Kier alpha value is -2.04. The van der Waals surface area contributed by atoms with Crippen LogP contribution in [0.2, 0.25) is 5.02 Å². The number of urea groups is 1. The fourth-order valence-corrected chi connectivity index (χ4v) is 3.59. The van der Waals surface area contributed by atoms with Crippen LogP contribution in [0.4, 0.5) is 4.79 Å². The number of amides is 2. The van der Waals surface area contributed by atoms with Gasteiger partial charge >= 0.3 is 6.03 Å². The average Bonchev–Trinajstić information content (AvgIpc) is 2.64. The van der Waals surface area contributed by atoms with Crippen molar-refractivity contribution in [1.82, 2.24) is 15.5 Å². The molecule has 1 aliphatic heterocycles. The molecule has 0 bridgehead atoms. The van der Waals surface area contributed by atoms with E-state index in [1.54, 1.807) is 0 Å². The van der Waals surface area contributed by atoms with Gasteiger partial charge in [0.25, 0.3) is 0 Å². The van der Waals surface area contributed by atoms with Gasteiger partial charge in [-0.15, -0.1) is 0 Å². The molecular weight excluding hydrogens is 346 g/mol. The van der Waals surface area contributed by atoms with Crippen LogP contribution in [0.1, 0.15) is 30.0 Å². The van der Waals surface area contributed by atoms with Gasteiger partial charge in [0.1, 0.15) is 0 Å². The van der Waals surface area contributed by atoms with Crippen molar-refractivity contribution < 1.29 is 4.79 Å². The fraction of sp³-hybridized carbons (Fsp3) is 0.381. The SMILES string of the molecule is CN1CCC[C@@H](NC(=O)N[C@@H](Cc2ccc(Cl)cc2)c2ccccc2)C1. The maximum Gasteiger partial charge on any atom is 0.315 e. The predicted molar refractivity (Wildman–Crippen MR) is 107 cm³/mol. The summed E-state index contributed by atoms with van der Waals surface area (Å²) in [5, 5.41) is 7.01. The molecule has 0 unspecified atom stereocenters. The number of likely N-dealkylation sites (N-methyl/N-ethyl adjacent to an activating group) is 1. The Labute approximate surface area is 160 Å². The summed E-state index contributed by atoms with van der Waals surface area (Å²) in [4.78, 5) is 14.8. The van der Waals surface area contributed by atoms with Crippen LogP contribution in [0.5, 0.6) is 0 Å². The molecule has 4 nitrogen and oxygen atoms in total. The number of piperidine rings is 1. The molecular formula is C21H26ClN3O. The van der Waals surface area contributed by atoms with Gasteiger partial charge in [0.15, 0.2) is 0 Å². The Kier molecular flexibility index (Phi) is 6.53. The third-order valence-electron chi connectivity index (χ3n) is 4.82. The Morgan fingerprint density at radius 3 is 2.62 bits per heavy atom. The Morgan fingerprint density at radius 2 is 1.92 bits per heavy atom. The van der Waals surface area contributed by atoms with Crippen molar-refractivity contribution in [1.29, 1.82) is 0 Å². The van der Waals surface area contributed by atoms with Crippen molar-refractivity contribution in [2.45, 2.75) is 31.3 Å². The number of hydrogen-bond donors (Lipinski definition) is 2. The molecule has 2 aromatic rings. The first-order valence-corrected chi connectivity index (χ1v) is 9.53. The molecule has 0 radical (unpaired) electrons. The second-order valence-corrected chi connectivity index (χ2v) is 7.45. The van der Waals surface area contributed by atoms with Crippen molar-refractivity contribution in [3.63, 3.8) is 0 Å². The first-order chi connectivity index (χ1) is 12.6. The third-order valence-corrected chi connectivity index (χ3v) is 5.07. The summed E-state index contributed by atoms with van der Waals surface area (Å²) < 4.78 is 0. The van der Waals surface area contributed by atoms with Crippen LogP contribution in [0, 0.1) is 0 Å². The van der Waals surface area contributed by atoms with E-state index >= 15 is 0 Å². The van der Waals surface area contributed by atoms with E-state index in [0.717, 1.165) is 48.5 Å². The lowest BCUT2D eigenvalue weighted by Crippen LogP contribution is -2.50. The van der Waals surface area contributed by atoms with Gasteiger partial charge in [-0.1, -0.05) is 54.1 Å². The second-order valence-electron chi connectivity index (χ2n) is 7.01. The standard InChI is InChI=1S/C21H26ClN3O/c1-25-13-5-8-19(15-25)23-21(26)24-20(17-6-3-2-4-7-17)14-16-9-11-18(22)12-10-16/h2-4,6-7,9-12,19-20H,5,8,13-15H2,1H3,(H2,23,24,26)/t19-,20+/m1/s1. The number of carbonyl (C=O) groups is 1. The Balaban J connectivity index is 1.67. The summed E-state index contributed by atoms with van der Waals surface area (Å²) in [7, 11) is 2.10. The number of carbonyl (C=O) groups excluding carboxylic acids is 1. The molecule has 1 fully saturated rings. The van der Waals surface area contributed by atoms with Gasteiger partial charge in [-0.05, 0) is 56.1 Å². The van der Waals surface area contributed by atoms with E-state index in [0.29, 0.717) is 0 Å². The minimum absolute atomic E-state index is 0.0845. The molecule has 0 aromatic heterocycles. The zero-order chi connectivity index (χ0) is 18.4. The molecule has 1 aliphatic rings. The Morgan fingerprint density at radius 1 is 1.19 bits per heavy atom. The molecule has 5 heteroatoms. The molecule has 2 atom stereocenters. The minimum atomic E-state index is -0.104. The topological polar surface area (TPSA) is 44.4 Å². The van der Waals surface area contributed by atoms with E-state index < -0.39 is 0 Å². The van der Waals surface area contributed by atoms with E-state index in [1.165, 1.54) is 0 Å². The molecule has 3 rings (SSSR count). The van der Waals surface area contributed by atoms with E-state index in [-0.39, 0.29) is 18.1 Å². The van der Waals surface area contributed by atoms with Crippen LogP contribution in [0.25, 0.3) is 0 Å². The summed E-state index contributed by atoms with van der Waals surface area (Å²) in [6.45, 7) is 2.00. The molecule has 2 N–H and O–H groups in total. The van der Waals surface area contributed by atoms with E-state index in [9.17, 15) is 4.79 Å². The maximum absolute atomic E-state index is 12.6. The highest BCUT2D eigenvalue weighted by molar-refractivity contribution is 6.30. The molecule has 0 aliphatic carbocycles. The van der Waals surface area contributed by atoms with Crippen LogP contribution in [0.15, 0.2) is 54.6 Å². The zero-order valence-electron chi connectivity index (χ0n) is 15.1. The van der Waals surface area contributed by atoms with Gasteiger partial charge in [-0.3, -0.25) is 0 Å². The number of nitrogens with one attached hydrogen (secondary N) is 2. The summed E-state index contributed by atoms with van der Waals surface area (Å²) in [5.41, 5.74) is 2.24. The van der Waals surface area contributed by atoms with Crippen molar-refractivity contribution >= 4 is 17.6 Å². The van der Waals surface area contributed by atoms with Crippen molar-refractivity contribution in [3.8, 4) is 0 Å². The number of likely N-dealkylation sites (tertiary alicyclic amines) is 1. The molecule has 1 saturated heterocycles. The summed E-state index contributed by atoms with van der Waals surface area (Å²) in [5.74, 6) is 0. The van der Waals surface area contributed by atoms with Gasteiger partial charge in [0.2, 0.25) is 0 Å². The summed E-state index contributed by atoms with van der Waals surface area (Å²) in [6, 6.07) is 17.9. The van der Waals surface area contributed by atoms with Gasteiger partial charge < -0.3 is 15.5 Å². The average molecular weight is 372 g/mol. The summed E-state index contributed by atoms with van der Waals surface area (Å²) in [6.07, 6.45) is 2.87. The van der Waals surface area contributed by atoms with E-state index in [1.807, 2.05) is 42.5 Å². The minimum Gasteiger partial charge on any atom is -0.334 e. The van der Waals surface area contributed by atoms with E-state index in [2.05, 4.69) is 34.7 Å². The monoisotopic (exact) mass is 371 g/mol. The number of halogens is 1. The van der Waals surface area contributed by atoms with Crippen molar-refractivity contribution in [2.75, 3.05) is 20.1 Å².